The highest BCUT2D eigenvalue weighted by Gasteiger charge is 2.19. The lowest BCUT2D eigenvalue weighted by molar-refractivity contribution is 0.250. The first kappa shape index (κ1) is 15.2. The Labute approximate surface area is 138 Å². The zero-order valence-corrected chi connectivity index (χ0v) is 13.4. The predicted octanol–water partition coefficient (Wildman–Crippen LogP) is 3.76. The van der Waals surface area contributed by atoms with Gasteiger partial charge in [-0.05, 0) is 24.1 Å². The van der Waals surface area contributed by atoms with Gasteiger partial charge in [0.1, 0.15) is 11.0 Å². The molecule has 0 radical (unpaired) electrons. The van der Waals surface area contributed by atoms with Crippen molar-refractivity contribution in [2.24, 2.45) is 0 Å². The predicted molar refractivity (Wildman–Crippen MR) is 91.5 cm³/mol. The Balaban J connectivity index is 1.79. The van der Waals surface area contributed by atoms with Crippen molar-refractivity contribution in [3.8, 4) is 0 Å². The van der Waals surface area contributed by atoms with Crippen LogP contribution in [0.3, 0.4) is 0 Å². The minimum absolute atomic E-state index is 0.275. The van der Waals surface area contributed by atoms with Crippen LogP contribution < -0.4 is 10.6 Å². The highest BCUT2D eigenvalue weighted by molar-refractivity contribution is 7.09. The molecule has 1 aromatic carbocycles. The minimum atomic E-state index is -0.279. The fraction of sp³-hybridized carbons (Fsp3) is 0.118. The Bertz CT molecular complexity index is 774. The van der Waals surface area contributed by atoms with Crippen LogP contribution in [-0.2, 0) is 0 Å². The maximum Gasteiger partial charge on any atom is 0.320 e. The number of carbonyl (C=O) groups excluding carboxylic acids is 1. The van der Waals surface area contributed by atoms with E-state index in [-0.39, 0.29) is 12.1 Å². The molecule has 1 unspecified atom stereocenters. The Hall–Kier alpha value is -2.73. The SMILES string of the molecule is Cc1cnccc1NC(=O)NC(c1ccccc1)c1nccs1. The molecule has 2 heterocycles. The van der Waals surface area contributed by atoms with E-state index in [4.69, 9.17) is 0 Å². The lowest BCUT2D eigenvalue weighted by Crippen LogP contribution is -2.33. The van der Waals surface area contributed by atoms with Gasteiger partial charge in [-0.3, -0.25) is 4.98 Å². The van der Waals surface area contributed by atoms with Crippen LogP contribution in [0.2, 0.25) is 0 Å². The van der Waals surface area contributed by atoms with Gasteiger partial charge < -0.3 is 10.6 Å². The van der Waals surface area contributed by atoms with Gasteiger partial charge in [0, 0.05) is 29.7 Å². The largest absolute Gasteiger partial charge is 0.324 e. The summed E-state index contributed by atoms with van der Waals surface area (Å²) >= 11 is 1.51. The molecular formula is C17H16N4OS. The van der Waals surface area contributed by atoms with E-state index in [2.05, 4.69) is 20.6 Å². The first-order valence-corrected chi connectivity index (χ1v) is 8.04. The molecule has 0 bridgehead atoms. The molecule has 2 aromatic heterocycles. The smallest absolute Gasteiger partial charge is 0.320 e. The van der Waals surface area contributed by atoms with E-state index in [1.54, 1.807) is 24.7 Å². The minimum Gasteiger partial charge on any atom is -0.324 e. The molecule has 0 aliphatic rings. The van der Waals surface area contributed by atoms with Crippen LogP contribution in [0.5, 0.6) is 0 Å². The molecule has 0 saturated heterocycles. The average Bonchev–Trinajstić information content (AvgIpc) is 3.10. The summed E-state index contributed by atoms with van der Waals surface area (Å²) in [5.41, 5.74) is 2.64. The lowest BCUT2D eigenvalue weighted by Gasteiger charge is -2.18. The summed E-state index contributed by atoms with van der Waals surface area (Å²) in [6.07, 6.45) is 5.10. The van der Waals surface area contributed by atoms with E-state index < -0.39 is 0 Å². The third-order valence-corrected chi connectivity index (χ3v) is 4.22. The Morgan fingerprint density at radius 2 is 2.00 bits per heavy atom. The number of carbonyl (C=O) groups is 1. The third-order valence-electron chi connectivity index (χ3n) is 3.38. The van der Waals surface area contributed by atoms with E-state index in [1.165, 1.54) is 11.3 Å². The number of anilines is 1. The molecule has 2 N–H and O–H groups in total. The zero-order valence-electron chi connectivity index (χ0n) is 12.6. The van der Waals surface area contributed by atoms with E-state index in [0.29, 0.717) is 0 Å². The molecule has 0 spiro atoms. The number of aryl methyl sites for hydroxylation is 1. The number of aromatic nitrogens is 2. The normalized spacial score (nSPS) is 11.7. The number of amides is 2. The van der Waals surface area contributed by atoms with Crippen molar-refractivity contribution < 1.29 is 4.79 Å². The van der Waals surface area contributed by atoms with Crippen molar-refractivity contribution >= 4 is 23.1 Å². The molecule has 6 heteroatoms. The van der Waals surface area contributed by atoms with Crippen LogP contribution in [0.4, 0.5) is 10.5 Å². The monoisotopic (exact) mass is 324 g/mol. The summed E-state index contributed by atoms with van der Waals surface area (Å²) in [5.74, 6) is 0. The molecule has 0 aliphatic carbocycles. The van der Waals surface area contributed by atoms with E-state index in [0.717, 1.165) is 21.8 Å². The van der Waals surface area contributed by atoms with Crippen molar-refractivity contribution in [2.75, 3.05) is 5.32 Å². The number of thiazole rings is 1. The third kappa shape index (κ3) is 3.73. The number of nitrogens with zero attached hydrogens (tertiary/aromatic N) is 2. The standard InChI is InChI=1S/C17H16N4OS/c1-12-11-18-8-7-14(12)20-17(22)21-15(16-19-9-10-23-16)13-5-3-2-4-6-13/h2-11,15H,1H3,(H2,18,20,21,22). The molecule has 116 valence electrons. The maximum atomic E-state index is 12.4. The second kappa shape index (κ2) is 7.02. The lowest BCUT2D eigenvalue weighted by atomic mass is 10.1. The fourth-order valence-electron chi connectivity index (χ4n) is 2.21. The molecule has 2 amide bonds. The van der Waals surface area contributed by atoms with Crippen molar-refractivity contribution in [3.05, 3.63) is 76.5 Å². The summed E-state index contributed by atoms with van der Waals surface area (Å²) in [4.78, 5) is 20.7. The van der Waals surface area contributed by atoms with Crippen molar-refractivity contribution in [1.82, 2.24) is 15.3 Å². The molecule has 23 heavy (non-hydrogen) atoms. The van der Waals surface area contributed by atoms with Crippen molar-refractivity contribution in [3.63, 3.8) is 0 Å². The fourth-order valence-corrected chi connectivity index (χ4v) is 2.93. The number of hydrogen-bond acceptors (Lipinski definition) is 4. The van der Waals surface area contributed by atoms with Gasteiger partial charge in [0.25, 0.3) is 0 Å². The van der Waals surface area contributed by atoms with Gasteiger partial charge in [0.2, 0.25) is 0 Å². The number of hydrogen-bond donors (Lipinski definition) is 2. The molecule has 0 saturated carbocycles. The second-order valence-corrected chi connectivity index (χ2v) is 5.93. The molecule has 3 aromatic rings. The number of rotatable bonds is 4. The maximum absolute atomic E-state index is 12.4. The van der Waals surface area contributed by atoms with Crippen LogP contribution >= 0.6 is 11.3 Å². The van der Waals surface area contributed by atoms with Crippen molar-refractivity contribution in [1.29, 1.82) is 0 Å². The average molecular weight is 324 g/mol. The number of urea groups is 1. The quantitative estimate of drug-likeness (QED) is 0.768. The molecule has 1 atom stereocenters. The highest BCUT2D eigenvalue weighted by atomic mass is 32.1. The Morgan fingerprint density at radius 3 is 2.70 bits per heavy atom. The molecule has 3 rings (SSSR count). The molecular weight excluding hydrogens is 308 g/mol. The van der Waals surface area contributed by atoms with Crippen LogP contribution in [0, 0.1) is 6.92 Å². The van der Waals surface area contributed by atoms with Crippen LogP contribution in [0.15, 0.2) is 60.4 Å². The Kier molecular flexibility index (Phi) is 4.63. The van der Waals surface area contributed by atoms with E-state index in [1.807, 2.05) is 42.6 Å². The number of pyridine rings is 1. The molecule has 5 nitrogen and oxygen atoms in total. The molecule has 0 fully saturated rings. The van der Waals surface area contributed by atoms with Gasteiger partial charge in [-0.1, -0.05) is 30.3 Å². The zero-order chi connectivity index (χ0) is 16.1. The van der Waals surface area contributed by atoms with Gasteiger partial charge in [0.05, 0.1) is 0 Å². The second-order valence-electron chi connectivity index (χ2n) is 5.00. The summed E-state index contributed by atoms with van der Waals surface area (Å²) in [6, 6.07) is 11.0. The number of benzene rings is 1. The van der Waals surface area contributed by atoms with Gasteiger partial charge in [0.15, 0.2) is 0 Å². The number of nitrogens with one attached hydrogen (secondary N) is 2. The summed E-state index contributed by atoms with van der Waals surface area (Å²) in [5, 5.41) is 8.59. The van der Waals surface area contributed by atoms with Crippen LogP contribution in [0.25, 0.3) is 0 Å². The summed E-state index contributed by atoms with van der Waals surface area (Å²) < 4.78 is 0. The van der Waals surface area contributed by atoms with E-state index in [9.17, 15) is 4.79 Å². The molecule has 0 aliphatic heterocycles. The first-order chi connectivity index (χ1) is 11.2. The topological polar surface area (TPSA) is 66.9 Å². The first-order valence-electron chi connectivity index (χ1n) is 7.16. The van der Waals surface area contributed by atoms with Crippen molar-refractivity contribution in [2.45, 2.75) is 13.0 Å². The van der Waals surface area contributed by atoms with Crippen LogP contribution in [-0.4, -0.2) is 16.0 Å². The summed E-state index contributed by atoms with van der Waals surface area (Å²) in [6.45, 7) is 1.90. The van der Waals surface area contributed by atoms with Gasteiger partial charge >= 0.3 is 6.03 Å². The Morgan fingerprint density at radius 1 is 1.17 bits per heavy atom. The van der Waals surface area contributed by atoms with Gasteiger partial charge in [-0.2, -0.15) is 0 Å². The van der Waals surface area contributed by atoms with Gasteiger partial charge in [-0.15, -0.1) is 11.3 Å². The van der Waals surface area contributed by atoms with E-state index >= 15 is 0 Å². The summed E-state index contributed by atoms with van der Waals surface area (Å²) in [7, 11) is 0. The van der Waals surface area contributed by atoms with Crippen LogP contribution in [0.1, 0.15) is 22.2 Å². The van der Waals surface area contributed by atoms with Gasteiger partial charge in [-0.25, -0.2) is 9.78 Å². The highest BCUT2D eigenvalue weighted by Crippen LogP contribution is 2.24.